The van der Waals surface area contributed by atoms with E-state index in [4.69, 9.17) is 10.5 Å². The number of rotatable bonds is 1. The van der Waals surface area contributed by atoms with Gasteiger partial charge in [0.25, 0.3) is 0 Å². The van der Waals surface area contributed by atoms with Crippen LogP contribution in [0.1, 0.15) is 5.56 Å². The molecule has 0 bridgehead atoms. The van der Waals surface area contributed by atoms with Gasteiger partial charge < -0.3 is 0 Å². The van der Waals surface area contributed by atoms with Crippen molar-refractivity contribution in [2.24, 2.45) is 0 Å². The third kappa shape index (κ3) is 2.15. The lowest BCUT2D eigenvalue weighted by molar-refractivity contribution is 0.598. The van der Waals surface area contributed by atoms with Crippen molar-refractivity contribution >= 4 is 6.08 Å². The first-order valence-corrected chi connectivity index (χ1v) is 3.64. The SMILES string of the molecule is N#CC(C#N)=Cc1cc(F)ccc1F. The lowest BCUT2D eigenvalue weighted by atomic mass is 10.1. The highest BCUT2D eigenvalue weighted by molar-refractivity contribution is 5.62. The Morgan fingerprint density at radius 1 is 1.21 bits per heavy atom. The molecule has 0 heterocycles. The Bertz CT molecular complexity index is 448. The highest BCUT2D eigenvalue weighted by Crippen LogP contribution is 2.13. The molecule has 14 heavy (non-hydrogen) atoms. The second-order valence-corrected chi connectivity index (χ2v) is 2.45. The average molecular weight is 190 g/mol. The lowest BCUT2D eigenvalue weighted by Gasteiger charge is -1.95. The van der Waals surface area contributed by atoms with Crippen LogP contribution in [0.5, 0.6) is 0 Å². The van der Waals surface area contributed by atoms with Crippen molar-refractivity contribution in [3.8, 4) is 12.1 Å². The van der Waals surface area contributed by atoms with Crippen LogP contribution < -0.4 is 0 Å². The van der Waals surface area contributed by atoms with Gasteiger partial charge in [-0.05, 0) is 24.3 Å². The van der Waals surface area contributed by atoms with Crippen LogP contribution in [-0.2, 0) is 0 Å². The van der Waals surface area contributed by atoms with Crippen LogP contribution in [0.2, 0.25) is 0 Å². The van der Waals surface area contributed by atoms with E-state index in [1.165, 1.54) is 0 Å². The fourth-order valence-corrected chi connectivity index (χ4v) is 0.870. The van der Waals surface area contributed by atoms with Crippen LogP contribution in [0.4, 0.5) is 8.78 Å². The Morgan fingerprint density at radius 3 is 2.43 bits per heavy atom. The Labute approximate surface area is 79.3 Å². The van der Waals surface area contributed by atoms with E-state index in [-0.39, 0.29) is 11.1 Å². The average Bonchev–Trinajstić information content (AvgIpc) is 2.19. The normalized spacial score (nSPS) is 8.57. The zero-order valence-corrected chi connectivity index (χ0v) is 6.96. The van der Waals surface area contributed by atoms with Gasteiger partial charge in [-0.2, -0.15) is 10.5 Å². The monoisotopic (exact) mass is 190 g/mol. The van der Waals surface area contributed by atoms with Gasteiger partial charge in [0, 0.05) is 5.56 Å². The third-order valence-corrected chi connectivity index (χ3v) is 1.50. The summed E-state index contributed by atoms with van der Waals surface area (Å²) in [7, 11) is 0. The van der Waals surface area contributed by atoms with Crippen molar-refractivity contribution in [2.45, 2.75) is 0 Å². The van der Waals surface area contributed by atoms with E-state index in [2.05, 4.69) is 0 Å². The number of nitrogens with zero attached hydrogens (tertiary/aromatic N) is 2. The van der Waals surface area contributed by atoms with E-state index >= 15 is 0 Å². The summed E-state index contributed by atoms with van der Waals surface area (Å²) in [5.41, 5.74) is -0.377. The Kier molecular flexibility index (Phi) is 2.93. The minimum absolute atomic E-state index is 0.108. The summed E-state index contributed by atoms with van der Waals surface area (Å²) < 4.78 is 25.6. The van der Waals surface area contributed by atoms with Gasteiger partial charge in [-0.1, -0.05) is 0 Å². The largest absolute Gasteiger partial charge is 0.207 e. The molecule has 4 heteroatoms. The summed E-state index contributed by atoms with van der Waals surface area (Å²) in [6, 6.07) is 5.94. The molecule has 0 fully saturated rings. The molecule has 0 saturated heterocycles. The molecule has 1 aromatic carbocycles. The van der Waals surface area contributed by atoms with E-state index < -0.39 is 11.6 Å². The molecule has 2 nitrogen and oxygen atoms in total. The zero-order valence-electron chi connectivity index (χ0n) is 6.96. The standard InChI is InChI=1S/C10H4F2N2/c11-9-1-2-10(12)8(4-9)3-7(5-13)6-14/h1-4H. The minimum atomic E-state index is -0.672. The van der Waals surface area contributed by atoms with E-state index in [0.29, 0.717) is 0 Å². The smallest absolute Gasteiger partial charge is 0.130 e. The van der Waals surface area contributed by atoms with Gasteiger partial charge in [0.1, 0.15) is 29.3 Å². The molecule has 0 aliphatic carbocycles. The molecule has 0 amide bonds. The summed E-state index contributed by atoms with van der Waals surface area (Å²) in [6.07, 6.45) is 0.998. The molecule has 0 aliphatic heterocycles. The summed E-state index contributed by atoms with van der Waals surface area (Å²) in [5.74, 6) is -1.29. The van der Waals surface area contributed by atoms with Crippen LogP contribution >= 0.6 is 0 Å². The summed E-state index contributed by atoms with van der Waals surface area (Å²) in [4.78, 5) is 0. The van der Waals surface area contributed by atoms with Gasteiger partial charge in [0.15, 0.2) is 0 Å². The van der Waals surface area contributed by atoms with Crippen LogP contribution in [0.3, 0.4) is 0 Å². The first-order chi connectivity index (χ1) is 6.67. The molecule has 0 saturated carbocycles. The number of nitriles is 2. The maximum absolute atomic E-state index is 13.0. The van der Waals surface area contributed by atoms with Crippen molar-refractivity contribution in [1.82, 2.24) is 0 Å². The van der Waals surface area contributed by atoms with Crippen molar-refractivity contribution in [2.75, 3.05) is 0 Å². The van der Waals surface area contributed by atoms with Gasteiger partial charge in [-0.15, -0.1) is 0 Å². The molecule has 0 aromatic heterocycles. The predicted octanol–water partition coefficient (Wildman–Crippen LogP) is 2.40. The van der Waals surface area contributed by atoms with Crippen LogP contribution in [0.15, 0.2) is 23.8 Å². The molecule has 0 atom stereocenters. The molecule has 0 unspecified atom stereocenters. The Balaban J connectivity index is 3.22. The Morgan fingerprint density at radius 2 is 1.86 bits per heavy atom. The van der Waals surface area contributed by atoms with Crippen molar-refractivity contribution in [3.05, 3.63) is 41.0 Å². The zero-order chi connectivity index (χ0) is 10.6. The second kappa shape index (κ2) is 4.15. The van der Waals surface area contributed by atoms with Crippen molar-refractivity contribution < 1.29 is 8.78 Å². The summed E-state index contributed by atoms with van der Waals surface area (Å²) in [6.45, 7) is 0. The lowest BCUT2D eigenvalue weighted by Crippen LogP contribution is -1.85. The topological polar surface area (TPSA) is 47.6 Å². The van der Waals surface area contributed by atoms with Crippen molar-refractivity contribution in [1.29, 1.82) is 10.5 Å². The highest BCUT2D eigenvalue weighted by atomic mass is 19.1. The van der Waals surface area contributed by atoms with Crippen LogP contribution in [-0.4, -0.2) is 0 Å². The summed E-state index contributed by atoms with van der Waals surface area (Å²) in [5, 5.41) is 16.8. The molecular formula is C10H4F2N2. The minimum Gasteiger partial charge on any atom is -0.207 e. The number of hydrogen-bond acceptors (Lipinski definition) is 2. The summed E-state index contributed by atoms with van der Waals surface area (Å²) >= 11 is 0. The number of benzene rings is 1. The number of halogens is 2. The van der Waals surface area contributed by atoms with E-state index in [1.54, 1.807) is 12.1 Å². The van der Waals surface area contributed by atoms with Gasteiger partial charge >= 0.3 is 0 Å². The maximum atomic E-state index is 13.0. The first kappa shape index (κ1) is 9.88. The van der Waals surface area contributed by atoms with Gasteiger partial charge in [-0.3, -0.25) is 0 Å². The predicted molar refractivity (Wildman–Crippen MR) is 45.6 cm³/mol. The fourth-order valence-electron chi connectivity index (χ4n) is 0.870. The van der Waals surface area contributed by atoms with Crippen LogP contribution in [0.25, 0.3) is 6.08 Å². The molecular weight excluding hydrogens is 186 g/mol. The van der Waals surface area contributed by atoms with Gasteiger partial charge in [0.2, 0.25) is 0 Å². The molecule has 0 N–H and O–H groups in total. The molecule has 68 valence electrons. The first-order valence-electron chi connectivity index (χ1n) is 3.64. The second-order valence-electron chi connectivity index (χ2n) is 2.45. The van der Waals surface area contributed by atoms with E-state index in [0.717, 1.165) is 24.3 Å². The fraction of sp³-hybridized carbons (Fsp3) is 0. The quantitative estimate of drug-likeness (QED) is 0.638. The highest BCUT2D eigenvalue weighted by Gasteiger charge is 2.02. The molecule has 1 aromatic rings. The van der Waals surface area contributed by atoms with E-state index in [1.807, 2.05) is 0 Å². The van der Waals surface area contributed by atoms with Gasteiger partial charge in [0.05, 0.1) is 0 Å². The molecule has 0 radical (unpaired) electrons. The van der Waals surface area contributed by atoms with Crippen molar-refractivity contribution in [3.63, 3.8) is 0 Å². The maximum Gasteiger partial charge on any atom is 0.130 e. The third-order valence-electron chi connectivity index (χ3n) is 1.50. The Hall–Kier alpha value is -2.20. The number of allylic oxidation sites excluding steroid dienone is 1. The molecule has 0 aliphatic rings. The van der Waals surface area contributed by atoms with Crippen LogP contribution in [0, 0.1) is 34.3 Å². The molecule has 1 rings (SSSR count). The molecule has 0 spiro atoms. The number of hydrogen-bond donors (Lipinski definition) is 0. The van der Waals surface area contributed by atoms with Gasteiger partial charge in [-0.25, -0.2) is 8.78 Å². The van der Waals surface area contributed by atoms with E-state index in [9.17, 15) is 8.78 Å².